The average molecular weight is 861 g/mol. The Labute approximate surface area is 357 Å². The average Bonchev–Trinajstić information content (AvgIpc) is 3.24. The number of guanidine groups is 1. The molecule has 0 aromatic heterocycles. The van der Waals surface area contributed by atoms with Crippen LogP contribution in [0.15, 0.2) is 29.3 Å². The number of carboxylic acid groups (broad SMARTS) is 1. The van der Waals surface area contributed by atoms with Crippen LogP contribution in [0.2, 0.25) is 0 Å². The summed E-state index contributed by atoms with van der Waals surface area (Å²) < 4.78 is 13.7. The van der Waals surface area contributed by atoms with E-state index in [1.54, 1.807) is 0 Å². The third kappa shape index (κ3) is 18.7. The molecule has 61 heavy (non-hydrogen) atoms. The maximum absolute atomic E-state index is 14.5. The van der Waals surface area contributed by atoms with Gasteiger partial charge in [-0.2, -0.15) is 0 Å². The van der Waals surface area contributed by atoms with Crippen molar-refractivity contribution in [3.8, 4) is 0 Å². The van der Waals surface area contributed by atoms with Crippen LogP contribution in [0.3, 0.4) is 0 Å². The van der Waals surface area contributed by atoms with Crippen molar-refractivity contribution in [3.63, 3.8) is 0 Å². The number of aliphatic imine (C=N–C) groups is 1. The quantitative estimate of drug-likeness (QED) is 0.0341. The molecular weight excluding hydrogens is 792 g/mol. The number of carbonyl (C=O) groups excluding carboxylic acids is 5. The van der Waals surface area contributed by atoms with Gasteiger partial charge in [-0.15, -0.1) is 0 Å². The maximum atomic E-state index is 14.5. The lowest BCUT2D eigenvalue weighted by Gasteiger charge is -2.31. The number of aliphatic hydroxyl groups is 1. The topological polar surface area (TPSA) is 319 Å². The SMILES string of the molecule is NCCCC[C@H](NC(=O)[C@H](CCCN=C(N)N)NC(=O)[C@H](CC1CCCCC1)NC(=O)[C@H](CC1CCCCC1)NC(=O)[C@H](Cc1ccc(F)cc1)NC(=O)[C@@H](N)CO)C(=O)O. The molecule has 19 heteroatoms. The number of nitrogens with two attached hydrogens (primary N) is 4. The van der Waals surface area contributed by atoms with E-state index < -0.39 is 84.2 Å². The van der Waals surface area contributed by atoms with Gasteiger partial charge in [0.25, 0.3) is 0 Å². The van der Waals surface area contributed by atoms with Crippen molar-refractivity contribution in [2.75, 3.05) is 19.7 Å². The minimum absolute atomic E-state index is 0.0506. The van der Waals surface area contributed by atoms with Crippen molar-refractivity contribution in [3.05, 3.63) is 35.6 Å². The Morgan fingerprint density at radius 1 is 0.656 bits per heavy atom. The van der Waals surface area contributed by atoms with Crippen molar-refractivity contribution in [2.24, 2.45) is 39.8 Å². The summed E-state index contributed by atoms with van der Waals surface area (Å²) in [4.78, 5) is 85.4. The molecule has 2 aliphatic carbocycles. The number of aliphatic carboxylic acids is 1. The van der Waals surface area contributed by atoms with E-state index in [1.165, 1.54) is 24.3 Å². The number of aliphatic hydroxyl groups excluding tert-OH is 1. The van der Waals surface area contributed by atoms with Gasteiger partial charge in [0, 0.05) is 13.0 Å². The number of nitrogens with zero attached hydrogens (tertiary/aromatic N) is 1. The first kappa shape index (κ1) is 50.5. The molecule has 0 saturated heterocycles. The minimum Gasteiger partial charge on any atom is -0.480 e. The molecule has 0 heterocycles. The third-order valence-electron chi connectivity index (χ3n) is 11.5. The fraction of sp³-hybridized carbons (Fsp3) is 0.690. The van der Waals surface area contributed by atoms with Gasteiger partial charge in [0.05, 0.1) is 6.61 Å². The zero-order valence-electron chi connectivity index (χ0n) is 35.3. The summed E-state index contributed by atoms with van der Waals surface area (Å²) in [6, 6.07) is -1.93. The van der Waals surface area contributed by atoms with E-state index in [-0.39, 0.29) is 62.9 Å². The number of benzene rings is 1. The number of hydrogen-bond donors (Lipinski definition) is 11. The summed E-state index contributed by atoms with van der Waals surface area (Å²) in [5.41, 5.74) is 22.8. The molecule has 2 aliphatic rings. The van der Waals surface area contributed by atoms with Crippen LogP contribution in [-0.4, -0.2) is 108 Å². The first-order valence-corrected chi connectivity index (χ1v) is 21.8. The Morgan fingerprint density at radius 2 is 1.11 bits per heavy atom. The Bertz CT molecular complexity index is 1590. The minimum atomic E-state index is -1.33. The van der Waals surface area contributed by atoms with Gasteiger partial charge in [-0.3, -0.25) is 29.0 Å². The third-order valence-corrected chi connectivity index (χ3v) is 11.5. The number of rotatable bonds is 26. The number of hydrogen-bond acceptors (Lipinski definition) is 10. The van der Waals surface area contributed by atoms with Gasteiger partial charge >= 0.3 is 5.97 Å². The normalized spacial score (nSPS) is 17.6. The fourth-order valence-electron chi connectivity index (χ4n) is 8.01. The molecule has 0 unspecified atom stereocenters. The van der Waals surface area contributed by atoms with Crippen molar-refractivity contribution in [1.82, 2.24) is 26.6 Å². The molecule has 342 valence electrons. The second kappa shape index (κ2) is 27.1. The second-order valence-corrected chi connectivity index (χ2v) is 16.5. The molecule has 3 rings (SSSR count). The number of nitrogens with one attached hydrogen (secondary N) is 5. The van der Waals surface area contributed by atoms with Gasteiger partial charge in [-0.05, 0) is 81.0 Å². The molecule has 1 aromatic rings. The molecule has 18 nitrogen and oxygen atoms in total. The second-order valence-electron chi connectivity index (χ2n) is 16.5. The van der Waals surface area contributed by atoms with E-state index in [0.717, 1.165) is 64.2 Å². The van der Waals surface area contributed by atoms with E-state index in [1.807, 2.05) is 0 Å². The van der Waals surface area contributed by atoms with Gasteiger partial charge in [-0.1, -0.05) is 76.3 Å². The molecule has 0 bridgehead atoms. The number of halogens is 1. The van der Waals surface area contributed by atoms with Crippen LogP contribution in [-0.2, 0) is 35.2 Å². The lowest BCUT2D eigenvalue weighted by molar-refractivity contribution is -0.142. The molecule has 0 spiro atoms. The highest BCUT2D eigenvalue weighted by atomic mass is 19.1. The zero-order chi connectivity index (χ0) is 44.7. The summed E-state index contributed by atoms with van der Waals surface area (Å²) >= 11 is 0. The summed E-state index contributed by atoms with van der Waals surface area (Å²) in [7, 11) is 0. The van der Waals surface area contributed by atoms with Crippen molar-refractivity contribution < 1.29 is 43.4 Å². The molecule has 2 fully saturated rings. The fourth-order valence-corrected chi connectivity index (χ4v) is 8.01. The van der Waals surface area contributed by atoms with Crippen LogP contribution in [0, 0.1) is 17.7 Å². The first-order chi connectivity index (χ1) is 29.2. The number of unbranched alkanes of at least 4 members (excludes halogenated alkanes) is 1. The Kier molecular flexibility index (Phi) is 22.5. The highest BCUT2D eigenvalue weighted by Crippen LogP contribution is 2.29. The summed E-state index contributed by atoms with van der Waals surface area (Å²) in [6.07, 6.45) is 11.1. The van der Waals surface area contributed by atoms with Gasteiger partial charge in [0.15, 0.2) is 5.96 Å². The summed E-state index contributed by atoms with van der Waals surface area (Å²) in [5.74, 6) is -5.26. The molecule has 5 amide bonds. The molecule has 0 aliphatic heterocycles. The van der Waals surface area contributed by atoms with Crippen LogP contribution in [0.5, 0.6) is 0 Å². The van der Waals surface area contributed by atoms with Crippen molar-refractivity contribution >= 4 is 41.5 Å². The van der Waals surface area contributed by atoms with E-state index in [4.69, 9.17) is 22.9 Å². The number of amides is 5. The van der Waals surface area contributed by atoms with Gasteiger partial charge in [0.2, 0.25) is 29.5 Å². The van der Waals surface area contributed by atoms with Gasteiger partial charge in [0.1, 0.15) is 42.1 Å². The predicted octanol–water partition coefficient (Wildman–Crippen LogP) is 0.320. The highest BCUT2D eigenvalue weighted by Gasteiger charge is 2.35. The monoisotopic (exact) mass is 861 g/mol. The van der Waals surface area contributed by atoms with E-state index in [2.05, 4.69) is 31.6 Å². The number of carbonyl (C=O) groups is 6. The van der Waals surface area contributed by atoms with Crippen molar-refractivity contribution in [1.29, 1.82) is 0 Å². The molecule has 1 aromatic carbocycles. The lowest BCUT2D eigenvalue weighted by Crippen LogP contribution is -2.60. The summed E-state index contributed by atoms with van der Waals surface area (Å²) in [6.45, 7) is -0.183. The Morgan fingerprint density at radius 3 is 1.61 bits per heavy atom. The standard InChI is InChI=1S/C42H69FN10O8/c43-29-18-16-28(17-19-29)24-33(51-36(55)30(45)25-54)39(58)53-35(23-27-12-5-2-6-13-27)40(59)52-34(22-26-10-3-1-4-11-26)38(57)49-31(15-9-21-48-42(46)47)37(56)50-32(41(60)61)14-7-8-20-44/h16-19,26-27,30-35,54H,1-15,20-25,44-45H2,(H,49,57)(H,50,56)(H,51,55)(H,52,59)(H,53,58)(H,60,61)(H4,46,47,48)/t30-,31-,32-,33-,34-,35-/m0/s1. The molecule has 0 radical (unpaired) electrons. The largest absolute Gasteiger partial charge is 0.480 e. The maximum Gasteiger partial charge on any atom is 0.326 e. The van der Waals surface area contributed by atoms with Crippen LogP contribution >= 0.6 is 0 Å². The summed E-state index contributed by atoms with van der Waals surface area (Å²) in [5, 5.41) is 33.0. The highest BCUT2D eigenvalue weighted by molar-refractivity contribution is 5.96. The van der Waals surface area contributed by atoms with Crippen LogP contribution < -0.4 is 49.5 Å². The van der Waals surface area contributed by atoms with Gasteiger partial charge in [-0.25, -0.2) is 9.18 Å². The Hall–Kier alpha value is -4.88. The van der Waals surface area contributed by atoms with Crippen LogP contribution in [0.25, 0.3) is 0 Å². The first-order valence-electron chi connectivity index (χ1n) is 21.8. The molecule has 6 atom stereocenters. The van der Waals surface area contributed by atoms with Crippen LogP contribution in [0.4, 0.5) is 4.39 Å². The molecule has 15 N–H and O–H groups in total. The Balaban J connectivity index is 1.92. The lowest BCUT2D eigenvalue weighted by atomic mass is 9.83. The zero-order valence-corrected chi connectivity index (χ0v) is 35.3. The molecule has 2 saturated carbocycles. The molecular formula is C42H69FN10O8. The van der Waals surface area contributed by atoms with E-state index >= 15 is 0 Å². The predicted molar refractivity (Wildman–Crippen MR) is 228 cm³/mol. The van der Waals surface area contributed by atoms with Crippen molar-refractivity contribution in [2.45, 2.75) is 152 Å². The number of carboxylic acids is 1. The van der Waals surface area contributed by atoms with E-state index in [9.17, 15) is 43.4 Å². The van der Waals surface area contributed by atoms with E-state index in [0.29, 0.717) is 24.9 Å². The van der Waals surface area contributed by atoms with Crippen LogP contribution in [0.1, 0.15) is 115 Å². The van der Waals surface area contributed by atoms with Gasteiger partial charge < -0.3 is 59.7 Å². The smallest absolute Gasteiger partial charge is 0.326 e.